The second-order valence-electron chi connectivity index (χ2n) is 7.57. The van der Waals surface area contributed by atoms with Crippen LogP contribution in [0.2, 0.25) is 0 Å². The summed E-state index contributed by atoms with van der Waals surface area (Å²) in [6, 6.07) is 8.13. The average Bonchev–Trinajstić information content (AvgIpc) is 3.12. The topological polar surface area (TPSA) is 71.8 Å². The van der Waals surface area contributed by atoms with Gasteiger partial charge in [-0.3, -0.25) is 9.89 Å². The normalized spacial score (nSPS) is 11.9. The summed E-state index contributed by atoms with van der Waals surface area (Å²) in [5.41, 5.74) is 0.642. The van der Waals surface area contributed by atoms with E-state index in [2.05, 4.69) is 15.2 Å². The molecule has 5 nitrogen and oxygen atoms in total. The quantitative estimate of drug-likeness (QED) is 0.540. The Morgan fingerprint density at radius 2 is 1.86 bits per heavy atom. The molecule has 28 heavy (non-hydrogen) atoms. The Kier molecular flexibility index (Phi) is 4.10. The largest absolute Gasteiger partial charge is 0.439 e. The number of aromatic nitrogens is 3. The second-order valence-corrected chi connectivity index (χ2v) is 7.57. The smallest absolute Gasteiger partial charge is 0.251 e. The number of fused-ring (bicyclic) bond motifs is 1. The second kappa shape index (κ2) is 6.37. The van der Waals surface area contributed by atoms with Gasteiger partial charge in [-0.1, -0.05) is 26.8 Å². The number of rotatable bonds is 2. The lowest BCUT2D eigenvalue weighted by Gasteiger charge is -2.12. The molecule has 0 saturated heterocycles. The predicted octanol–water partition coefficient (Wildman–Crippen LogP) is 4.82. The zero-order valence-corrected chi connectivity index (χ0v) is 15.5. The number of oxazole rings is 1. The highest BCUT2D eigenvalue weighted by atomic mass is 19.1. The third-order valence-corrected chi connectivity index (χ3v) is 4.46. The third kappa shape index (κ3) is 3.09. The van der Waals surface area contributed by atoms with Gasteiger partial charge in [-0.2, -0.15) is 5.10 Å². The molecule has 142 valence electrons. The van der Waals surface area contributed by atoms with Crippen molar-refractivity contribution in [3.63, 3.8) is 0 Å². The van der Waals surface area contributed by atoms with Gasteiger partial charge < -0.3 is 4.42 Å². The standard InChI is InChI=1S/C21H17F2N3O2/c1-21(2,3)17-10-24-20(28-17)18-19(27)14-6-4-11(8-16(14)25-26-18)13-7-5-12(22)9-15(13)23/h4-10H,1-3H3,(H,25,27). The van der Waals surface area contributed by atoms with Crippen LogP contribution in [0.15, 0.2) is 51.8 Å². The Labute approximate surface area is 159 Å². The Morgan fingerprint density at radius 1 is 1.07 bits per heavy atom. The molecule has 0 fully saturated rings. The lowest BCUT2D eigenvalue weighted by atomic mass is 9.94. The van der Waals surface area contributed by atoms with E-state index in [1.807, 2.05) is 20.8 Å². The van der Waals surface area contributed by atoms with Gasteiger partial charge >= 0.3 is 0 Å². The van der Waals surface area contributed by atoms with Gasteiger partial charge in [0.25, 0.3) is 5.89 Å². The minimum atomic E-state index is -0.680. The first kappa shape index (κ1) is 18.0. The summed E-state index contributed by atoms with van der Waals surface area (Å²) in [7, 11) is 0. The van der Waals surface area contributed by atoms with Gasteiger partial charge in [0.15, 0.2) is 5.69 Å². The molecular formula is C21H17F2N3O2. The Morgan fingerprint density at radius 3 is 2.54 bits per heavy atom. The van der Waals surface area contributed by atoms with E-state index in [-0.39, 0.29) is 28.0 Å². The number of aromatic amines is 1. The number of nitrogens with one attached hydrogen (secondary N) is 1. The first-order valence-electron chi connectivity index (χ1n) is 8.68. The van der Waals surface area contributed by atoms with Crippen molar-refractivity contribution in [1.29, 1.82) is 0 Å². The lowest BCUT2D eigenvalue weighted by molar-refractivity contribution is 0.414. The highest BCUT2D eigenvalue weighted by molar-refractivity contribution is 5.85. The SMILES string of the molecule is CC(C)(C)c1cnc(-c2n[nH]c3cc(-c4ccc(F)cc4F)ccc3c2=O)o1. The Hall–Kier alpha value is -3.35. The van der Waals surface area contributed by atoms with Crippen molar-refractivity contribution in [2.24, 2.45) is 0 Å². The molecule has 4 aromatic rings. The lowest BCUT2D eigenvalue weighted by Crippen LogP contribution is -2.10. The molecule has 0 aliphatic carbocycles. The van der Waals surface area contributed by atoms with Crippen LogP contribution in [0, 0.1) is 11.6 Å². The highest BCUT2D eigenvalue weighted by Crippen LogP contribution is 2.28. The fraction of sp³-hybridized carbons (Fsp3) is 0.190. The van der Waals surface area contributed by atoms with Crippen molar-refractivity contribution < 1.29 is 13.2 Å². The minimum Gasteiger partial charge on any atom is -0.439 e. The van der Waals surface area contributed by atoms with Gasteiger partial charge in [-0.15, -0.1) is 0 Å². The van der Waals surface area contributed by atoms with E-state index in [1.54, 1.807) is 24.4 Å². The maximum Gasteiger partial charge on any atom is 0.251 e. The van der Waals surface area contributed by atoms with Crippen molar-refractivity contribution in [3.8, 4) is 22.7 Å². The molecule has 0 radical (unpaired) electrons. The monoisotopic (exact) mass is 381 g/mol. The fourth-order valence-corrected chi connectivity index (χ4v) is 2.90. The van der Waals surface area contributed by atoms with Crippen LogP contribution in [0.4, 0.5) is 8.78 Å². The number of hydrogen-bond acceptors (Lipinski definition) is 4. The molecule has 2 heterocycles. The summed E-state index contributed by atoms with van der Waals surface area (Å²) in [6.07, 6.45) is 1.58. The van der Waals surface area contributed by atoms with E-state index in [9.17, 15) is 13.6 Å². The zero-order valence-electron chi connectivity index (χ0n) is 15.5. The van der Waals surface area contributed by atoms with Crippen LogP contribution in [-0.4, -0.2) is 15.2 Å². The molecule has 4 rings (SSSR count). The van der Waals surface area contributed by atoms with Crippen LogP contribution in [0.3, 0.4) is 0 Å². The van der Waals surface area contributed by atoms with Gasteiger partial charge in [0.05, 0.1) is 11.7 Å². The molecule has 2 aromatic heterocycles. The van der Waals surface area contributed by atoms with Crippen molar-refractivity contribution in [2.45, 2.75) is 26.2 Å². The van der Waals surface area contributed by atoms with E-state index in [4.69, 9.17) is 4.42 Å². The van der Waals surface area contributed by atoms with Crippen molar-refractivity contribution >= 4 is 10.9 Å². The molecule has 2 aromatic carbocycles. The minimum absolute atomic E-state index is 0.0729. The van der Waals surface area contributed by atoms with Crippen molar-refractivity contribution in [3.05, 3.63) is 70.2 Å². The number of halogens is 2. The molecule has 0 atom stereocenters. The van der Waals surface area contributed by atoms with E-state index in [0.29, 0.717) is 22.2 Å². The summed E-state index contributed by atoms with van der Waals surface area (Å²) in [5, 5.41) is 7.26. The van der Waals surface area contributed by atoms with E-state index >= 15 is 0 Å². The molecule has 1 N–H and O–H groups in total. The molecule has 0 unspecified atom stereocenters. The van der Waals surface area contributed by atoms with Crippen LogP contribution in [0.5, 0.6) is 0 Å². The summed E-state index contributed by atoms with van der Waals surface area (Å²) in [5.74, 6) is -0.546. The van der Waals surface area contributed by atoms with E-state index < -0.39 is 11.6 Å². The van der Waals surface area contributed by atoms with Gasteiger partial charge in [-0.25, -0.2) is 13.8 Å². The highest BCUT2D eigenvalue weighted by Gasteiger charge is 2.22. The van der Waals surface area contributed by atoms with Crippen LogP contribution in [-0.2, 0) is 5.41 Å². The summed E-state index contributed by atoms with van der Waals surface area (Å²) < 4.78 is 32.9. The summed E-state index contributed by atoms with van der Waals surface area (Å²) >= 11 is 0. The van der Waals surface area contributed by atoms with Crippen LogP contribution in [0.25, 0.3) is 33.6 Å². The molecule has 0 saturated carbocycles. The number of H-pyrrole nitrogens is 1. The Bertz CT molecular complexity index is 1250. The fourth-order valence-electron chi connectivity index (χ4n) is 2.90. The molecule has 0 aliphatic rings. The number of hydrogen-bond donors (Lipinski definition) is 1. The maximum absolute atomic E-state index is 14.1. The van der Waals surface area contributed by atoms with E-state index in [0.717, 1.165) is 6.07 Å². The Balaban J connectivity index is 1.81. The van der Waals surface area contributed by atoms with Crippen molar-refractivity contribution in [2.75, 3.05) is 0 Å². The van der Waals surface area contributed by atoms with Gasteiger partial charge in [0.1, 0.15) is 17.4 Å². The van der Waals surface area contributed by atoms with Crippen molar-refractivity contribution in [1.82, 2.24) is 15.2 Å². The zero-order chi connectivity index (χ0) is 20.1. The summed E-state index contributed by atoms with van der Waals surface area (Å²) in [6.45, 7) is 5.93. The first-order chi connectivity index (χ1) is 13.2. The summed E-state index contributed by atoms with van der Waals surface area (Å²) in [4.78, 5) is 17.0. The molecule has 0 bridgehead atoms. The molecule has 7 heteroatoms. The predicted molar refractivity (Wildman–Crippen MR) is 102 cm³/mol. The molecule has 0 spiro atoms. The number of benzene rings is 2. The third-order valence-electron chi connectivity index (χ3n) is 4.46. The molecular weight excluding hydrogens is 364 g/mol. The van der Waals surface area contributed by atoms with Crippen LogP contribution < -0.4 is 5.43 Å². The molecule has 0 aliphatic heterocycles. The van der Waals surface area contributed by atoms with Crippen LogP contribution in [0.1, 0.15) is 26.5 Å². The van der Waals surface area contributed by atoms with Crippen LogP contribution >= 0.6 is 0 Å². The van der Waals surface area contributed by atoms with E-state index in [1.165, 1.54) is 12.1 Å². The average molecular weight is 381 g/mol. The number of nitrogens with zero attached hydrogens (tertiary/aromatic N) is 2. The van der Waals surface area contributed by atoms with Gasteiger partial charge in [0, 0.05) is 22.4 Å². The van der Waals surface area contributed by atoms with Gasteiger partial charge in [-0.05, 0) is 29.8 Å². The van der Waals surface area contributed by atoms with Gasteiger partial charge in [0.2, 0.25) is 5.43 Å². The first-order valence-corrected chi connectivity index (χ1v) is 8.68. The molecule has 0 amide bonds. The maximum atomic E-state index is 14.1.